The molecule has 2 aromatic rings. The lowest BCUT2D eigenvalue weighted by atomic mass is 9.73. The number of halogens is 1. The SMILES string of the molecule is CCNC(=NCCc1noc(-c2ccccn2)n1)N1CCC2(CCCCC2)C1.I. The molecule has 1 saturated carbocycles. The highest BCUT2D eigenvalue weighted by Gasteiger charge is 2.39. The fourth-order valence-corrected chi connectivity index (χ4v) is 4.46. The molecule has 1 N–H and O–H groups in total. The minimum absolute atomic E-state index is 0. The van der Waals surface area contributed by atoms with E-state index in [0.29, 0.717) is 35.8 Å². The molecule has 1 saturated heterocycles. The van der Waals surface area contributed by atoms with Crippen molar-refractivity contribution >= 4 is 29.9 Å². The quantitative estimate of drug-likeness (QED) is 0.373. The molecule has 2 aromatic heterocycles. The predicted octanol–water partition coefficient (Wildman–Crippen LogP) is 3.91. The molecule has 0 amide bonds. The molecule has 0 bridgehead atoms. The maximum Gasteiger partial charge on any atom is 0.276 e. The molecule has 0 atom stereocenters. The summed E-state index contributed by atoms with van der Waals surface area (Å²) in [4.78, 5) is 16.0. The van der Waals surface area contributed by atoms with E-state index >= 15 is 0 Å². The summed E-state index contributed by atoms with van der Waals surface area (Å²) in [7, 11) is 0. The number of rotatable bonds is 5. The third-order valence-electron chi connectivity index (χ3n) is 5.94. The summed E-state index contributed by atoms with van der Waals surface area (Å²) < 4.78 is 5.33. The zero-order chi connectivity index (χ0) is 19.2. The number of aliphatic imine (C=N–C) groups is 1. The lowest BCUT2D eigenvalue weighted by Gasteiger charge is -2.33. The number of nitrogens with zero attached hydrogens (tertiary/aromatic N) is 5. The van der Waals surface area contributed by atoms with Gasteiger partial charge in [0.25, 0.3) is 5.89 Å². The molecule has 3 heterocycles. The monoisotopic (exact) mass is 510 g/mol. The molecule has 0 unspecified atom stereocenters. The Balaban J connectivity index is 0.00000240. The Morgan fingerprint density at radius 1 is 1.24 bits per heavy atom. The summed E-state index contributed by atoms with van der Waals surface area (Å²) >= 11 is 0. The zero-order valence-corrected chi connectivity index (χ0v) is 19.5. The van der Waals surface area contributed by atoms with Gasteiger partial charge < -0.3 is 14.7 Å². The number of hydrogen-bond donors (Lipinski definition) is 1. The van der Waals surface area contributed by atoms with Crippen LogP contribution in [0.25, 0.3) is 11.6 Å². The van der Waals surface area contributed by atoms with Crippen LogP contribution in [0.4, 0.5) is 0 Å². The van der Waals surface area contributed by atoms with Gasteiger partial charge in [0.1, 0.15) is 5.69 Å². The maximum absolute atomic E-state index is 5.33. The standard InChI is InChI=1S/C21H30N6O.HI/c1-2-22-20(27-15-12-21(16-27)10-5-3-6-11-21)24-14-9-18-25-19(28-26-18)17-8-4-7-13-23-17;/h4,7-8,13H,2-3,5-6,9-12,14-16H2,1H3,(H,22,24);1H. The summed E-state index contributed by atoms with van der Waals surface area (Å²) in [5.41, 5.74) is 1.23. The van der Waals surface area contributed by atoms with Crippen LogP contribution in [-0.4, -0.2) is 52.2 Å². The minimum Gasteiger partial charge on any atom is -0.357 e. The summed E-state index contributed by atoms with van der Waals surface area (Å²) in [5.74, 6) is 2.16. The largest absolute Gasteiger partial charge is 0.357 e. The van der Waals surface area contributed by atoms with Gasteiger partial charge in [-0.2, -0.15) is 4.98 Å². The van der Waals surface area contributed by atoms with Crippen molar-refractivity contribution in [3.63, 3.8) is 0 Å². The summed E-state index contributed by atoms with van der Waals surface area (Å²) in [5, 5.41) is 7.54. The van der Waals surface area contributed by atoms with Crippen LogP contribution in [-0.2, 0) is 6.42 Å². The zero-order valence-electron chi connectivity index (χ0n) is 17.1. The second kappa shape index (κ2) is 10.4. The topological polar surface area (TPSA) is 79.4 Å². The van der Waals surface area contributed by atoms with Crippen LogP contribution in [0.3, 0.4) is 0 Å². The Morgan fingerprint density at radius 2 is 2.10 bits per heavy atom. The van der Waals surface area contributed by atoms with Crippen molar-refractivity contribution < 1.29 is 4.52 Å². The number of nitrogens with one attached hydrogen (secondary N) is 1. The first kappa shape index (κ1) is 22.0. The molecular weight excluding hydrogens is 479 g/mol. The molecule has 2 aliphatic rings. The molecule has 1 aliphatic heterocycles. The van der Waals surface area contributed by atoms with E-state index in [2.05, 4.69) is 32.3 Å². The average Bonchev–Trinajstić information content (AvgIpc) is 3.36. The molecule has 2 fully saturated rings. The van der Waals surface area contributed by atoms with E-state index in [1.807, 2.05) is 18.2 Å². The van der Waals surface area contributed by atoms with Crippen LogP contribution in [0.1, 0.15) is 51.3 Å². The Morgan fingerprint density at radius 3 is 2.86 bits per heavy atom. The number of guanidine groups is 1. The van der Waals surface area contributed by atoms with Crippen LogP contribution in [0, 0.1) is 5.41 Å². The van der Waals surface area contributed by atoms with E-state index in [4.69, 9.17) is 9.52 Å². The molecule has 29 heavy (non-hydrogen) atoms. The van der Waals surface area contributed by atoms with Crippen molar-refractivity contribution in [1.82, 2.24) is 25.3 Å². The van der Waals surface area contributed by atoms with Crippen molar-refractivity contribution in [3.05, 3.63) is 30.2 Å². The lowest BCUT2D eigenvalue weighted by molar-refractivity contribution is 0.203. The second-order valence-electron chi connectivity index (χ2n) is 7.95. The third-order valence-corrected chi connectivity index (χ3v) is 5.94. The summed E-state index contributed by atoms with van der Waals surface area (Å²) in [6.07, 6.45) is 10.6. The van der Waals surface area contributed by atoms with Gasteiger partial charge in [0, 0.05) is 38.8 Å². The van der Waals surface area contributed by atoms with Gasteiger partial charge in [0.05, 0.1) is 0 Å². The van der Waals surface area contributed by atoms with Crippen LogP contribution >= 0.6 is 24.0 Å². The minimum atomic E-state index is 0. The Labute approximate surface area is 189 Å². The van der Waals surface area contributed by atoms with Crippen molar-refractivity contribution in [2.24, 2.45) is 10.4 Å². The van der Waals surface area contributed by atoms with Crippen LogP contribution in [0.5, 0.6) is 0 Å². The highest BCUT2D eigenvalue weighted by atomic mass is 127. The van der Waals surface area contributed by atoms with Crippen molar-refractivity contribution in [1.29, 1.82) is 0 Å². The molecular formula is C21H31IN6O. The van der Waals surface area contributed by atoms with Crippen LogP contribution in [0.15, 0.2) is 33.9 Å². The lowest BCUT2D eigenvalue weighted by Crippen LogP contribution is -2.41. The molecule has 0 radical (unpaired) electrons. The first-order valence-electron chi connectivity index (χ1n) is 10.6. The fourth-order valence-electron chi connectivity index (χ4n) is 4.46. The first-order chi connectivity index (χ1) is 13.8. The van der Waals surface area contributed by atoms with Gasteiger partial charge in [-0.1, -0.05) is 30.5 Å². The van der Waals surface area contributed by atoms with E-state index in [1.165, 1.54) is 38.5 Å². The highest BCUT2D eigenvalue weighted by Crippen LogP contribution is 2.43. The molecule has 1 aliphatic carbocycles. The van der Waals surface area contributed by atoms with E-state index in [9.17, 15) is 0 Å². The molecule has 7 nitrogen and oxygen atoms in total. The predicted molar refractivity (Wildman–Crippen MR) is 124 cm³/mol. The van der Waals surface area contributed by atoms with Gasteiger partial charge in [0.2, 0.25) is 0 Å². The molecule has 158 valence electrons. The summed E-state index contributed by atoms with van der Waals surface area (Å²) in [6.45, 7) is 5.91. The van der Waals surface area contributed by atoms with Gasteiger partial charge in [0.15, 0.2) is 11.8 Å². The molecule has 0 aromatic carbocycles. The van der Waals surface area contributed by atoms with E-state index in [0.717, 1.165) is 25.6 Å². The van der Waals surface area contributed by atoms with E-state index in [1.54, 1.807) is 6.20 Å². The summed E-state index contributed by atoms with van der Waals surface area (Å²) in [6, 6.07) is 5.65. The molecule has 1 spiro atoms. The number of hydrogen-bond acceptors (Lipinski definition) is 5. The van der Waals surface area contributed by atoms with Crippen LogP contribution < -0.4 is 5.32 Å². The molecule has 4 rings (SSSR count). The normalized spacial score (nSPS) is 18.7. The van der Waals surface area contributed by atoms with Gasteiger partial charge >= 0.3 is 0 Å². The smallest absolute Gasteiger partial charge is 0.276 e. The fraction of sp³-hybridized carbons (Fsp3) is 0.619. The van der Waals surface area contributed by atoms with E-state index < -0.39 is 0 Å². The Hall–Kier alpha value is -1.71. The Bertz CT molecular complexity index is 787. The molecule has 8 heteroatoms. The maximum atomic E-state index is 5.33. The Kier molecular flexibility index (Phi) is 7.85. The number of likely N-dealkylation sites (tertiary alicyclic amines) is 1. The third kappa shape index (κ3) is 5.46. The van der Waals surface area contributed by atoms with Crippen LogP contribution in [0.2, 0.25) is 0 Å². The van der Waals surface area contributed by atoms with Gasteiger partial charge in [-0.3, -0.25) is 9.98 Å². The number of aromatic nitrogens is 3. The van der Waals surface area contributed by atoms with Crippen molar-refractivity contribution in [2.45, 2.75) is 51.9 Å². The average molecular weight is 510 g/mol. The van der Waals surface area contributed by atoms with Crippen molar-refractivity contribution in [3.8, 4) is 11.6 Å². The second-order valence-corrected chi connectivity index (χ2v) is 7.95. The first-order valence-corrected chi connectivity index (χ1v) is 10.6. The highest BCUT2D eigenvalue weighted by molar-refractivity contribution is 14.0. The van der Waals surface area contributed by atoms with Gasteiger partial charge in [-0.05, 0) is 43.7 Å². The van der Waals surface area contributed by atoms with Gasteiger partial charge in [-0.25, -0.2) is 0 Å². The number of pyridine rings is 1. The van der Waals surface area contributed by atoms with Crippen molar-refractivity contribution in [2.75, 3.05) is 26.2 Å². The van der Waals surface area contributed by atoms with E-state index in [-0.39, 0.29) is 24.0 Å². The van der Waals surface area contributed by atoms with Gasteiger partial charge in [-0.15, -0.1) is 24.0 Å².